The molecular formula is C27H30N4O3. The van der Waals surface area contributed by atoms with Gasteiger partial charge in [-0.3, -0.25) is 4.79 Å². The van der Waals surface area contributed by atoms with Crippen molar-refractivity contribution >= 4 is 17.1 Å². The minimum atomic E-state index is -0.710. The molecule has 1 aromatic heterocycles. The van der Waals surface area contributed by atoms with Gasteiger partial charge < -0.3 is 9.84 Å². The maximum absolute atomic E-state index is 11.9. The van der Waals surface area contributed by atoms with Crippen molar-refractivity contribution in [2.75, 3.05) is 0 Å². The minimum Gasteiger partial charge on any atom is -0.458 e. The molecular weight excluding hydrogens is 428 g/mol. The zero-order valence-corrected chi connectivity index (χ0v) is 20.2. The molecule has 1 N–H and O–H groups in total. The first kappa shape index (κ1) is 23.6. The van der Waals surface area contributed by atoms with Gasteiger partial charge in [-0.15, -0.1) is 5.10 Å². The topological polar surface area (TPSA) is 90.1 Å². The average Bonchev–Trinajstić information content (AvgIpc) is 3.14. The lowest BCUT2D eigenvalue weighted by atomic mass is 9.88. The molecule has 1 fully saturated rings. The SMILES string of the molecule is Cc1cc(C)cc(C(=C(C=C[C@@H]2C[C@@H](O)CC(=O)O2)c2nnnn2C)c2cc(C)cc(C)c2)c1. The van der Waals surface area contributed by atoms with Crippen LogP contribution in [0.3, 0.4) is 0 Å². The quantitative estimate of drug-likeness (QED) is 0.459. The third-order valence-electron chi connectivity index (χ3n) is 5.82. The van der Waals surface area contributed by atoms with Crippen LogP contribution in [-0.2, 0) is 16.6 Å². The number of hydrogen-bond donors (Lipinski definition) is 1. The van der Waals surface area contributed by atoms with Crippen LogP contribution in [0.4, 0.5) is 0 Å². The molecule has 0 radical (unpaired) electrons. The van der Waals surface area contributed by atoms with Gasteiger partial charge in [0.05, 0.1) is 12.5 Å². The second kappa shape index (κ2) is 9.73. The van der Waals surface area contributed by atoms with E-state index in [0.29, 0.717) is 12.2 Å². The van der Waals surface area contributed by atoms with E-state index in [2.05, 4.69) is 79.6 Å². The minimum absolute atomic E-state index is 0.0244. The number of carbonyl (C=O) groups is 1. The molecule has 34 heavy (non-hydrogen) atoms. The number of cyclic esters (lactones) is 1. The normalized spacial score (nSPS) is 18.2. The van der Waals surface area contributed by atoms with E-state index in [1.807, 2.05) is 12.2 Å². The second-order valence-corrected chi connectivity index (χ2v) is 9.15. The molecule has 0 saturated carbocycles. The van der Waals surface area contributed by atoms with Gasteiger partial charge in [-0.05, 0) is 60.9 Å². The van der Waals surface area contributed by atoms with E-state index >= 15 is 0 Å². The van der Waals surface area contributed by atoms with E-state index in [1.54, 1.807) is 11.7 Å². The number of benzene rings is 2. The highest BCUT2D eigenvalue weighted by molar-refractivity contribution is 6.01. The number of aliphatic hydroxyl groups is 1. The number of rotatable bonds is 5. The molecule has 0 spiro atoms. The molecule has 4 rings (SSSR count). The van der Waals surface area contributed by atoms with Crippen molar-refractivity contribution in [3.05, 3.63) is 87.8 Å². The standard InChI is InChI=1S/C27H30N4O3/c1-16-8-17(2)11-20(10-16)26(21-12-18(3)9-19(4)13-21)24(27-28-29-30-31(27)5)7-6-23-14-22(32)15-25(33)34-23/h6-13,22-23,32H,14-15H2,1-5H3/t22-,23-/m1/s1. The molecule has 0 bridgehead atoms. The summed E-state index contributed by atoms with van der Waals surface area (Å²) in [5.41, 5.74) is 8.49. The van der Waals surface area contributed by atoms with E-state index in [0.717, 1.165) is 44.5 Å². The van der Waals surface area contributed by atoms with Crippen LogP contribution in [0, 0.1) is 27.7 Å². The summed E-state index contributed by atoms with van der Waals surface area (Å²) in [5.74, 6) is 0.190. The molecule has 1 saturated heterocycles. The maximum Gasteiger partial charge on any atom is 0.309 e. The molecule has 0 amide bonds. The van der Waals surface area contributed by atoms with Gasteiger partial charge in [0, 0.05) is 19.0 Å². The van der Waals surface area contributed by atoms with Crippen LogP contribution in [0.1, 0.15) is 52.0 Å². The highest BCUT2D eigenvalue weighted by Crippen LogP contribution is 2.34. The summed E-state index contributed by atoms with van der Waals surface area (Å²) in [7, 11) is 1.80. The average molecular weight is 459 g/mol. The number of nitrogens with zero attached hydrogens (tertiary/aromatic N) is 4. The first-order chi connectivity index (χ1) is 16.2. The van der Waals surface area contributed by atoms with E-state index < -0.39 is 18.2 Å². The Morgan fingerprint density at radius 3 is 2.03 bits per heavy atom. The smallest absolute Gasteiger partial charge is 0.309 e. The Bertz CT molecular complexity index is 1190. The summed E-state index contributed by atoms with van der Waals surface area (Å²) >= 11 is 0. The Morgan fingerprint density at radius 1 is 1.00 bits per heavy atom. The fourth-order valence-electron chi connectivity index (χ4n) is 4.57. The summed E-state index contributed by atoms with van der Waals surface area (Å²) < 4.78 is 7.09. The zero-order valence-electron chi connectivity index (χ0n) is 20.2. The van der Waals surface area contributed by atoms with Crippen LogP contribution in [0.15, 0.2) is 48.6 Å². The summed E-state index contributed by atoms with van der Waals surface area (Å²) in [4.78, 5) is 11.9. The Labute approximate surface area is 199 Å². The molecule has 2 heterocycles. The lowest BCUT2D eigenvalue weighted by Gasteiger charge is -2.23. The van der Waals surface area contributed by atoms with Crippen LogP contribution < -0.4 is 0 Å². The lowest BCUT2D eigenvalue weighted by Crippen LogP contribution is -2.31. The van der Waals surface area contributed by atoms with E-state index in [9.17, 15) is 9.90 Å². The summed E-state index contributed by atoms with van der Waals surface area (Å²) in [6.07, 6.45) is 2.87. The molecule has 1 aliphatic heterocycles. The number of tetrazole rings is 1. The molecule has 0 unspecified atom stereocenters. The monoisotopic (exact) mass is 458 g/mol. The molecule has 176 valence electrons. The van der Waals surface area contributed by atoms with Crippen molar-refractivity contribution in [2.24, 2.45) is 7.05 Å². The Kier molecular flexibility index (Phi) is 6.75. The van der Waals surface area contributed by atoms with Gasteiger partial charge in [0.15, 0.2) is 5.82 Å². The van der Waals surface area contributed by atoms with Gasteiger partial charge in [-0.2, -0.15) is 0 Å². The van der Waals surface area contributed by atoms with Crippen LogP contribution >= 0.6 is 0 Å². The Morgan fingerprint density at radius 2 is 1.56 bits per heavy atom. The van der Waals surface area contributed by atoms with Crippen LogP contribution in [0.25, 0.3) is 11.1 Å². The number of carbonyl (C=O) groups excluding carboxylic acids is 1. The second-order valence-electron chi connectivity index (χ2n) is 9.15. The summed E-state index contributed by atoms with van der Waals surface area (Å²) in [5, 5.41) is 22.3. The van der Waals surface area contributed by atoms with E-state index in [4.69, 9.17) is 4.74 Å². The van der Waals surface area contributed by atoms with E-state index in [1.165, 1.54) is 0 Å². The highest BCUT2D eigenvalue weighted by atomic mass is 16.5. The molecule has 7 nitrogen and oxygen atoms in total. The van der Waals surface area contributed by atoms with E-state index in [-0.39, 0.29) is 6.42 Å². The van der Waals surface area contributed by atoms with Crippen molar-refractivity contribution in [3.63, 3.8) is 0 Å². The zero-order chi connectivity index (χ0) is 24.4. The lowest BCUT2D eigenvalue weighted by molar-refractivity contribution is -0.156. The van der Waals surface area contributed by atoms with Gasteiger partial charge in [-0.25, -0.2) is 4.68 Å². The Balaban J connectivity index is 1.98. The molecule has 2 atom stereocenters. The predicted molar refractivity (Wildman–Crippen MR) is 131 cm³/mol. The fraction of sp³-hybridized carbons (Fsp3) is 0.333. The first-order valence-electron chi connectivity index (χ1n) is 11.4. The molecule has 1 aliphatic rings. The van der Waals surface area contributed by atoms with Crippen molar-refractivity contribution in [1.82, 2.24) is 20.2 Å². The fourth-order valence-corrected chi connectivity index (χ4v) is 4.57. The summed E-state index contributed by atoms with van der Waals surface area (Å²) in [6, 6.07) is 12.9. The molecule has 2 aromatic carbocycles. The van der Waals surface area contributed by atoms with Gasteiger partial charge in [0.1, 0.15) is 6.10 Å². The largest absolute Gasteiger partial charge is 0.458 e. The third-order valence-corrected chi connectivity index (χ3v) is 5.82. The first-order valence-corrected chi connectivity index (χ1v) is 11.4. The van der Waals surface area contributed by atoms with Crippen LogP contribution in [0.2, 0.25) is 0 Å². The number of aryl methyl sites for hydroxylation is 5. The van der Waals surface area contributed by atoms with Crippen molar-refractivity contribution in [1.29, 1.82) is 0 Å². The molecule has 0 aliphatic carbocycles. The molecule has 7 heteroatoms. The van der Waals surface area contributed by atoms with Crippen molar-refractivity contribution < 1.29 is 14.6 Å². The number of hydrogen-bond acceptors (Lipinski definition) is 6. The van der Waals surface area contributed by atoms with Crippen molar-refractivity contribution in [3.8, 4) is 0 Å². The number of aliphatic hydroxyl groups excluding tert-OH is 1. The third kappa shape index (κ3) is 5.31. The van der Waals surface area contributed by atoms with Gasteiger partial charge in [0.2, 0.25) is 0 Å². The van der Waals surface area contributed by atoms with Crippen LogP contribution in [-0.4, -0.2) is 43.5 Å². The molecule has 3 aromatic rings. The predicted octanol–water partition coefficient (Wildman–Crippen LogP) is 4.03. The Hall–Kier alpha value is -3.58. The summed E-state index contributed by atoms with van der Waals surface area (Å²) in [6.45, 7) is 8.32. The van der Waals surface area contributed by atoms with Crippen molar-refractivity contribution in [2.45, 2.75) is 52.7 Å². The van der Waals surface area contributed by atoms with Crippen LogP contribution in [0.5, 0.6) is 0 Å². The number of esters is 1. The highest BCUT2D eigenvalue weighted by Gasteiger charge is 2.26. The number of allylic oxidation sites excluding steroid dienone is 2. The van der Waals surface area contributed by atoms with Gasteiger partial charge >= 0.3 is 5.97 Å². The number of aromatic nitrogens is 4. The number of ether oxygens (including phenoxy) is 1. The van der Waals surface area contributed by atoms with Gasteiger partial charge in [-0.1, -0.05) is 64.7 Å². The maximum atomic E-state index is 11.9. The van der Waals surface area contributed by atoms with Gasteiger partial charge in [0.25, 0.3) is 0 Å².